The summed E-state index contributed by atoms with van der Waals surface area (Å²) < 4.78 is 26.7. The Kier molecular flexibility index (Phi) is 7.63. The van der Waals surface area contributed by atoms with Crippen LogP contribution >= 0.6 is 11.6 Å². The number of nitrogens with one attached hydrogen (secondary N) is 2. The average Bonchev–Trinajstić information content (AvgIpc) is 3.36. The van der Waals surface area contributed by atoms with E-state index >= 15 is 0 Å². The first kappa shape index (κ1) is 27.5. The zero-order chi connectivity index (χ0) is 27.8. The largest absolute Gasteiger partial charge is 0.393 e. The van der Waals surface area contributed by atoms with Gasteiger partial charge in [0, 0.05) is 43.0 Å². The van der Waals surface area contributed by atoms with Crippen LogP contribution in [0.15, 0.2) is 36.8 Å². The molecule has 0 amide bonds. The van der Waals surface area contributed by atoms with E-state index < -0.39 is 10.0 Å². The summed E-state index contributed by atoms with van der Waals surface area (Å²) in [4.78, 5) is 8.89. The van der Waals surface area contributed by atoms with Gasteiger partial charge < -0.3 is 15.7 Å². The Labute approximate surface area is 232 Å². The third kappa shape index (κ3) is 6.23. The Morgan fingerprint density at radius 1 is 1.26 bits per heavy atom. The number of hydrogen-bond acceptors (Lipinski definition) is 9. The summed E-state index contributed by atoms with van der Waals surface area (Å²) in [6.07, 6.45) is 8.61. The van der Waals surface area contributed by atoms with Crippen LogP contribution in [0.2, 0.25) is 5.02 Å². The SMILES string of the molecule is CC1(NCc2ccc(-n3cc(-c4nc(NC5CCN(S(C)(=O)=O)CC5)ncc4C#N)cn3)c(Cl)c2)CC(O)C1. The lowest BCUT2D eigenvalue weighted by Crippen LogP contribution is -2.54. The van der Waals surface area contributed by atoms with Gasteiger partial charge >= 0.3 is 0 Å². The monoisotopic (exact) mass is 570 g/mol. The van der Waals surface area contributed by atoms with Crippen molar-refractivity contribution in [1.82, 2.24) is 29.4 Å². The van der Waals surface area contributed by atoms with E-state index in [0.29, 0.717) is 66.0 Å². The Hall–Kier alpha value is -3.08. The van der Waals surface area contributed by atoms with Crippen molar-refractivity contribution in [3.63, 3.8) is 0 Å². The zero-order valence-corrected chi connectivity index (χ0v) is 23.4. The van der Waals surface area contributed by atoms with Crippen LogP contribution in [0.25, 0.3) is 16.9 Å². The molecule has 39 heavy (non-hydrogen) atoms. The van der Waals surface area contributed by atoms with E-state index in [1.54, 1.807) is 17.1 Å². The number of nitrogens with zero attached hydrogens (tertiary/aromatic N) is 6. The normalized spacial score (nSPS) is 22.3. The van der Waals surface area contributed by atoms with Crippen molar-refractivity contribution in [3.05, 3.63) is 52.9 Å². The second-order valence-electron chi connectivity index (χ2n) is 10.6. The molecule has 2 fully saturated rings. The number of nitriles is 1. The smallest absolute Gasteiger partial charge is 0.223 e. The second-order valence-corrected chi connectivity index (χ2v) is 13.0. The van der Waals surface area contributed by atoms with Gasteiger partial charge in [-0.3, -0.25) is 0 Å². The van der Waals surface area contributed by atoms with Crippen LogP contribution in [0, 0.1) is 11.3 Å². The van der Waals surface area contributed by atoms with Gasteiger partial charge in [-0.2, -0.15) is 10.4 Å². The standard InChI is InChI=1S/C26H31ClN8O3S/c1-26(10-21(36)11-26)30-13-17-3-4-23(22(27)9-17)35-16-19(15-31-35)24-18(12-28)14-29-25(33-24)32-20-5-7-34(8-6-20)39(2,37)38/h3-4,9,14-16,20-21,30,36H,5-8,10-11,13H2,1-2H3,(H,29,32,33). The molecule has 1 aliphatic carbocycles. The van der Waals surface area contributed by atoms with Crippen LogP contribution in [-0.2, 0) is 16.6 Å². The molecule has 0 bridgehead atoms. The molecule has 13 heteroatoms. The van der Waals surface area contributed by atoms with Gasteiger partial charge in [0.1, 0.15) is 6.07 Å². The third-order valence-corrected chi connectivity index (χ3v) is 8.98. The Morgan fingerprint density at radius 2 is 2.00 bits per heavy atom. The molecule has 0 spiro atoms. The lowest BCUT2D eigenvalue weighted by atomic mass is 9.76. The Balaban J connectivity index is 1.29. The van der Waals surface area contributed by atoms with E-state index in [9.17, 15) is 18.8 Å². The number of anilines is 1. The maximum atomic E-state index is 11.8. The van der Waals surface area contributed by atoms with Gasteiger partial charge in [0.05, 0.1) is 46.7 Å². The van der Waals surface area contributed by atoms with Crippen LogP contribution < -0.4 is 10.6 Å². The molecule has 0 atom stereocenters. The predicted octanol–water partition coefficient (Wildman–Crippen LogP) is 2.69. The van der Waals surface area contributed by atoms with E-state index in [2.05, 4.69) is 38.7 Å². The highest BCUT2D eigenvalue weighted by Gasteiger charge is 2.38. The number of piperidine rings is 1. The van der Waals surface area contributed by atoms with Gasteiger partial charge in [-0.15, -0.1) is 0 Å². The number of hydrogen-bond donors (Lipinski definition) is 3. The first-order chi connectivity index (χ1) is 18.5. The van der Waals surface area contributed by atoms with Gasteiger partial charge in [0.2, 0.25) is 16.0 Å². The molecule has 3 N–H and O–H groups in total. The van der Waals surface area contributed by atoms with Crippen LogP contribution in [0.3, 0.4) is 0 Å². The molecule has 2 aliphatic rings. The molecule has 0 unspecified atom stereocenters. The quantitative estimate of drug-likeness (QED) is 0.371. The van der Waals surface area contributed by atoms with Gasteiger partial charge in [-0.05, 0) is 50.3 Å². The Bertz CT molecular complexity index is 1510. The van der Waals surface area contributed by atoms with Gasteiger partial charge in [-0.1, -0.05) is 17.7 Å². The number of halogens is 1. The molecule has 1 aliphatic heterocycles. The van der Waals surface area contributed by atoms with Crippen LogP contribution in [0.4, 0.5) is 5.95 Å². The predicted molar refractivity (Wildman–Crippen MR) is 148 cm³/mol. The van der Waals surface area contributed by atoms with Crippen LogP contribution in [0.1, 0.15) is 43.7 Å². The molecule has 11 nitrogen and oxygen atoms in total. The van der Waals surface area contributed by atoms with Crippen molar-refractivity contribution in [2.24, 2.45) is 0 Å². The number of sulfonamides is 1. The lowest BCUT2D eigenvalue weighted by molar-refractivity contribution is 0.0109. The number of benzene rings is 1. The van der Waals surface area contributed by atoms with Crippen molar-refractivity contribution >= 4 is 27.6 Å². The van der Waals surface area contributed by atoms with E-state index in [1.807, 2.05) is 18.2 Å². The summed E-state index contributed by atoms with van der Waals surface area (Å²) in [5.74, 6) is 0.372. The van der Waals surface area contributed by atoms with Crippen molar-refractivity contribution in [1.29, 1.82) is 5.26 Å². The lowest BCUT2D eigenvalue weighted by Gasteiger charge is -2.43. The molecule has 3 aromatic rings. The fourth-order valence-corrected chi connectivity index (χ4v) is 6.29. The summed E-state index contributed by atoms with van der Waals surface area (Å²) in [7, 11) is -3.20. The first-order valence-electron chi connectivity index (χ1n) is 12.8. The maximum Gasteiger partial charge on any atom is 0.223 e. The number of aliphatic hydroxyl groups excluding tert-OH is 1. The Morgan fingerprint density at radius 3 is 2.64 bits per heavy atom. The zero-order valence-electron chi connectivity index (χ0n) is 21.8. The van der Waals surface area contributed by atoms with Crippen molar-refractivity contribution in [2.75, 3.05) is 24.7 Å². The van der Waals surface area contributed by atoms with Crippen molar-refractivity contribution in [3.8, 4) is 23.0 Å². The van der Waals surface area contributed by atoms with Gasteiger partial charge in [0.25, 0.3) is 0 Å². The van der Waals surface area contributed by atoms with E-state index in [0.717, 1.165) is 18.4 Å². The minimum Gasteiger partial charge on any atom is -0.393 e. The first-order valence-corrected chi connectivity index (χ1v) is 15.0. The highest BCUT2D eigenvalue weighted by Crippen LogP contribution is 2.32. The highest BCUT2D eigenvalue weighted by atomic mass is 35.5. The summed E-state index contributed by atoms with van der Waals surface area (Å²) in [5.41, 5.74) is 3.07. The minimum atomic E-state index is -3.20. The highest BCUT2D eigenvalue weighted by molar-refractivity contribution is 7.88. The molecule has 0 radical (unpaired) electrons. The minimum absolute atomic E-state index is 0.0234. The van der Waals surface area contributed by atoms with Crippen LogP contribution in [0.5, 0.6) is 0 Å². The molecule has 5 rings (SSSR count). The molecular weight excluding hydrogens is 540 g/mol. The molecule has 1 saturated carbocycles. The number of rotatable bonds is 8. The number of aliphatic hydroxyl groups is 1. The van der Waals surface area contributed by atoms with E-state index in [1.165, 1.54) is 16.8 Å². The van der Waals surface area contributed by atoms with Crippen LogP contribution in [-0.4, -0.2) is 74.6 Å². The molecule has 2 aromatic heterocycles. The fraction of sp³-hybridized carbons (Fsp3) is 0.462. The van der Waals surface area contributed by atoms with E-state index in [4.69, 9.17) is 11.6 Å². The topological polar surface area (TPSA) is 149 Å². The average molecular weight is 571 g/mol. The molecule has 1 saturated heterocycles. The third-order valence-electron chi connectivity index (χ3n) is 7.37. The van der Waals surface area contributed by atoms with Crippen molar-refractivity contribution < 1.29 is 13.5 Å². The van der Waals surface area contributed by atoms with E-state index in [-0.39, 0.29) is 17.7 Å². The molecule has 1 aromatic carbocycles. The maximum absolute atomic E-state index is 11.8. The molecule has 3 heterocycles. The second kappa shape index (κ2) is 10.8. The molecule has 206 valence electrons. The summed E-state index contributed by atoms with van der Waals surface area (Å²) in [6.45, 7) is 3.62. The summed E-state index contributed by atoms with van der Waals surface area (Å²) in [5, 5.41) is 31.0. The molecular formula is C26H31ClN8O3S. The summed E-state index contributed by atoms with van der Waals surface area (Å²) >= 11 is 6.61. The van der Waals surface area contributed by atoms with Crippen molar-refractivity contribution in [2.45, 2.75) is 56.8 Å². The number of aromatic nitrogens is 4. The van der Waals surface area contributed by atoms with Gasteiger partial charge in [0.15, 0.2) is 0 Å². The van der Waals surface area contributed by atoms with Gasteiger partial charge in [-0.25, -0.2) is 27.4 Å². The fourth-order valence-electron chi connectivity index (χ4n) is 5.13. The summed E-state index contributed by atoms with van der Waals surface area (Å²) in [6, 6.07) is 7.94.